The molecule has 31 heavy (non-hydrogen) atoms. The fraction of sp³-hybridized carbons (Fsp3) is 0.696. The number of ether oxygens (including phenoxy) is 1. The van der Waals surface area contributed by atoms with E-state index in [1.807, 2.05) is 71.9 Å². The number of carbonyl (C=O) groups is 1. The van der Waals surface area contributed by atoms with Crippen LogP contribution in [0, 0.1) is 5.41 Å². The predicted octanol–water partition coefficient (Wildman–Crippen LogP) is 5.79. The average molecular weight is 458 g/mol. The van der Waals surface area contributed by atoms with Gasteiger partial charge < -0.3 is 13.8 Å². The fourth-order valence-electron chi connectivity index (χ4n) is 3.13. The van der Waals surface area contributed by atoms with Crippen LogP contribution in [0.1, 0.15) is 67.9 Å². The molecule has 0 bridgehead atoms. The molecule has 0 aliphatic carbocycles. The second kappa shape index (κ2) is 11.6. The molecular formula is C23H40NO6P. The van der Waals surface area contributed by atoms with Crippen LogP contribution < -0.4 is 0 Å². The molecule has 2 unspecified atom stereocenters. The molecule has 178 valence electrons. The lowest BCUT2D eigenvalue weighted by molar-refractivity contribution is -0.263. The first-order chi connectivity index (χ1) is 14.3. The molecule has 2 atom stereocenters. The summed E-state index contributed by atoms with van der Waals surface area (Å²) in [7, 11) is -3.60. The van der Waals surface area contributed by atoms with Gasteiger partial charge in [0.05, 0.1) is 13.2 Å². The molecule has 0 heterocycles. The van der Waals surface area contributed by atoms with E-state index in [9.17, 15) is 9.36 Å². The molecule has 0 aliphatic heterocycles. The molecule has 0 aromatic heterocycles. The lowest BCUT2D eigenvalue weighted by Crippen LogP contribution is -2.55. The second-order valence-corrected chi connectivity index (χ2v) is 11.5. The van der Waals surface area contributed by atoms with Crippen molar-refractivity contribution in [3.8, 4) is 0 Å². The van der Waals surface area contributed by atoms with Crippen molar-refractivity contribution in [2.24, 2.45) is 5.41 Å². The van der Waals surface area contributed by atoms with E-state index in [2.05, 4.69) is 0 Å². The molecular weight excluding hydrogens is 417 g/mol. The number of esters is 1. The number of rotatable bonds is 11. The first-order valence-corrected chi connectivity index (χ1v) is 12.4. The Balaban J connectivity index is 3.15. The maximum Gasteiger partial charge on any atom is 0.350 e. The summed E-state index contributed by atoms with van der Waals surface area (Å²) in [6.07, 6.45) is -0.913. The van der Waals surface area contributed by atoms with Crippen LogP contribution in [-0.4, -0.2) is 41.7 Å². The Kier molecular flexibility index (Phi) is 10.4. The normalized spacial score (nSPS) is 15.0. The molecule has 0 fully saturated rings. The molecule has 1 aromatic carbocycles. The van der Waals surface area contributed by atoms with Crippen LogP contribution in [0.4, 0.5) is 0 Å². The standard InChI is InChI=1S/C23H40NO6P/c1-10-28-31(26,29-11-2)21(22(4,5)6)24(23(7,8)9)30-18(3)20(25)27-17-19-15-13-12-14-16-19/h12-16,18,21H,10-11,17H2,1-9H3. The molecule has 0 radical (unpaired) electrons. The van der Waals surface area contributed by atoms with Gasteiger partial charge in [-0.05, 0) is 52.5 Å². The van der Waals surface area contributed by atoms with Crippen molar-refractivity contribution in [2.75, 3.05) is 13.2 Å². The topological polar surface area (TPSA) is 74.3 Å². The monoisotopic (exact) mass is 457 g/mol. The third-order valence-corrected chi connectivity index (χ3v) is 7.22. The van der Waals surface area contributed by atoms with Gasteiger partial charge in [0.15, 0.2) is 6.10 Å². The number of benzene rings is 1. The summed E-state index contributed by atoms with van der Waals surface area (Å²) >= 11 is 0. The smallest absolute Gasteiger partial charge is 0.350 e. The van der Waals surface area contributed by atoms with Gasteiger partial charge in [0.1, 0.15) is 12.4 Å². The van der Waals surface area contributed by atoms with Gasteiger partial charge in [-0.3, -0.25) is 9.40 Å². The molecule has 8 heteroatoms. The Bertz CT molecular complexity index is 716. The van der Waals surface area contributed by atoms with E-state index >= 15 is 0 Å². The summed E-state index contributed by atoms with van der Waals surface area (Å²) in [6, 6.07) is 9.45. The average Bonchev–Trinajstić information content (AvgIpc) is 2.64. The minimum Gasteiger partial charge on any atom is -0.459 e. The van der Waals surface area contributed by atoms with Crippen molar-refractivity contribution in [1.29, 1.82) is 0 Å². The Hall–Kier alpha value is -1.24. The maximum atomic E-state index is 13.8. The summed E-state index contributed by atoms with van der Waals surface area (Å²) in [4.78, 5) is 18.8. The Labute approximate surface area is 187 Å². The van der Waals surface area contributed by atoms with Crippen molar-refractivity contribution < 1.29 is 28.0 Å². The third kappa shape index (κ3) is 8.32. The minimum absolute atomic E-state index is 0.155. The van der Waals surface area contributed by atoms with E-state index in [0.717, 1.165) is 5.56 Å². The maximum absolute atomic E-state index is 13.8. The van der Waals surface area contributed by atoms with Crippen LogP contribution in [0.3, 0.4) is 0 Å². The molecule has 0 aliphatic rings. The first-order valence-electron chi connectivity index (χ1n) is 10.8. The molecule has 1 rings (SSSR count). The zero-order valence-electron chi connectivity index (χ0n) is 20.5. The number of nitrogens with zero attached hydrogens (tertiary/aromatic N) is 1. The van der Waals surface area contributed by atoms with Crippen LogP contribution in [0.5, 0.6) is 0 Å². The molecule has 0 spiro atoms. The van der Waals surface area contributed by atoms with Gasteiger partial charge >= 0.3 is 13.6 Å². The van der Waals surface area contributed by atoms with Gasteiger partial charge in [-0.15, -0.1) is 0 Å². The summed E-state index contributed by atoms with van der Waals surface area (Å²) < 4.78 is 30.6. The van der Waals surface area contributed by atoms with Crippen molar-refractivity contribution in [3.05, 3.63) is 35.9 Å². The zero-order valence-corrected chi connectivity index (χ0v) is 21.4. The molecule has 0 N–H and O–H groups in total. The lowest BCUT2D eigenvalue weighted by Gasteiger charge is -2.47. The quantitative estimate of drug-likeness (QED) is 0.237. The van der Waals surface area contributed by atoms with E-state index in [0.29, 0.717) is 0 Å². The number of carbonyl (C=O) groups excluding carboxylic acids is 1. The van der Waals surface area contributed by atoms with Gasteiger partial charge in [0, 0.05) is 5.54 Å². The molecule has 7 nitrogen and oxygen atoms in total. The number of hydrogen-bond acceptors (Lipinski definition) is 7. The number of hydrogen-bond donors (Lipinski definition) is 0. The highest BCUT2D eigenvalue weighted by Crippen LogP contribution is 2.60. The van der Waals surface area contributed by atoms with E-state index < -0.39 is 36.4 Å². The highest BCUT2D eigenvalue weighted by atomic mass is 31.2. The summed E-state index contributed by atoms with van der Waals surface area (Å²) in [6.45, 7) is 17.4. The van der Waals surface area contributed by atoms with Crippen LogP contribution in [0.2, 0.25) is 0 Å². The minimum atomic E-state index is -3.60. The summed E-state index contributed by atoms with van der Waals surface area (Å²) in [5.74, 6) is -1.25. The van der Waals surface area contributed by atoms with Crippen LogP contribution in [0.25, 0.3) is 0 Å². The summed E-state index contributed by atoms with van der Waals surface area (Å²) in [5, 5.41) is 1.59. The van der Waals surface area contributed by atoms with Gasteiger partial charge in [-0.25, -0.2) is 4.79 Å². The lowest BCUT2D eigenvalue weighted by atomic mass is 9.94. The Morgan fingerprint density at radius 1 is 1.00 bits per heavy atom. The fourth-order valence-corrected chi connectivity index (χ4v) is 5.82. The van der Waals surface area contributed by atoms with Crippen LogP contribution in [-0.2, 0) is 34.6 Å². The zero-order chi connectivity index (χ0) is 23.9. The van der Waals surface area contributed by atoms with Crippen LogP contribution >= 0.6 is 7.60 Å². The van der Waals surface area contributed by atoms with Crippen molar-refractivity contribution in [2.45, 2.75) is 86.3 Å². The SMILES string of the molecule is CCOP(=O)(OCC)C(N(OC(C)C(=O)OCc1ccccc1)C(C)(C)C)C(C)(C)C. The molecule has 1 aromatic rings. The van der Waals surface area contributed by atoms with Gasteiger partial charge in [0.25, 0.3) is 0 Å². The molecule has 0 saturated heterocycles. The highest BCUT2D eigenvalue weighted by Gasteiger charge is 2.52. The predicted molar refractivity (Wildman–Crippen MR) is 122 cm³/mol. The Morgan fingerprint density at radius 2 is 1.52 bits per heavy atom. The van der Waals surface area contributed by atoms with Crippen molar-refractivity contribution in [3.63, 3.8) is 0 Å². The van der Waals surface area contributed by atoms with Gasteiger partial charge in [-0.1, -0.05) is 51.1 Å². The van der Waals surface area contributed by atoms with E-state index in [-0.39, 0.29) is 19.8 Å². The van der Waals surface area contributed by atoms with E-state index in [4.69, 9.17) is 18.6 Å². The van der Waals surface area contributed by atoms with E-state index in [1.54, 1.807) is 25.8 Å². The van der Waals surface area contributed by atoms with Gasteiger partial charge in [-0.2, -0.15) is 5.06 Å². The Morgan fingerprint density at radius 3 is 1.94 bits per heavy atom. The molecule has 0 saturated carbocycles. The van der Waals surface area contributed by atoms with Crippen molar-refractivity contribution in [1.82, 2.24) is 5.06 Å². The van der Waals surface area contributed by atoms with Crippen molar-refractivity contribution >= 4 is 13.6 Å². The number of hydroxylamine groups is 2. The highest BCUT2D eigenvalue weighted by molar-refractivity contribution is 7.54. The van der Waals surface area contributed by atoms with Crippen LogP contribution in [0.15, 0.2) is 30.3 Å². The third-order valence-electron chi connectivity index (χ3n) is 4.40. The molecule has 0 amide bonds. The first kappa shape index (κ1) is 27.8. The second-order valence-electron chi connectivity index (χ2n) is 9.45. The summed E-state index contributed by atoms with van der Waals surface area (Å²) in [5.41, 5.74) is -0.253. The van der Waals surface area contributed by atoms with E-state index in [1.165, 1.54) is 0 Å². The largest absolute Gasteiger partial charge is 0.459 e. The van der Waals surface area contributed by atoms with Gasteiger partial charge in [0.2, 0.25) is 0 Å².